The Hall–Kier alpha value is -5.05. The second kappa shape index (κ2) is 14.2. The number of nitrogens with two attached hydrogens (primary N) is 2. The third-order valence-corrected chi connectivity index (χ3v) is 5.88. The van der Waals surface area contributed by atoms with E-state index in [1.165, 1.54) is 25.0 Å². The molecule has 0 saturated carbocycles. The van der Waals surface area contributed by atoms with Crippen LogP contribution in [0, 0.1) is 0 Å². The summed E-state index contributed by atoms with van der Waals surface area (Å²) < 4.78 is 0. The van der Waals surface area contributed by atoms with Crippen molar-refractivity contribution in [1.29, 1.82) is 0 Å². The summed E-state index contributed by atoms with van der Waals surface area (Å²) in [5, 5.41) is 16.9. The molecule has 4 atom stereocenters. The fourth-order valence-electron chi connectivity index (χ4n) is 3.84. The molecular formula is C25H31N9O6. The van der Waals surface area contributed by atoms with Gasteiger partial charge >= 0.3 is 5.97 Å². The van der Waals surface area contributed by atoms with Crippen LogP contribution in [0.5, 0.6) is 0 Å². The van der Waals surface area contributed by atoms with Gasteiger partial charge in [0.15, 0.2) is 0 Å². The SMILES string of the molecule is NC(=O)CC(NC(=O)C(Cc1ccccc1)NC(=O)C(Cc1cnc[nH]1)NC(=O)C(N)Cc1cnc[nH]1)C(=O)O. The van der Waals surface area contributed by atoms with E-state index in [0.29, 0.717) is 17.0 Å². The molecule has 2 aromatic heterocycles. The van der Waals surface area contributed by atoms with E-state index in [1.54, 1.807) is 30.3 Å². The maximum Gasteiger partial charge on any atom is 0.326 e. The van der Waals surface area contributed by atoms with Crippen molar-refractivity contribution in [2.75, 3.05) is 0 Å². The summed E-state index contributed by atoms with van der Waals surface area (Å²) in [6.07, 6.45) is 5.35. The van der Waals surface area contributed by atoms with Crippen LogP contribution >= 0.6 is 0 Å². The zero-order valence-corrected chi connectivity index (χ0v) is 21.4. The van der Waals surface area contributed by atoms with Gasteiger partial charge in [0.05, 0.1) is 25.1 Å². The summed E-state index contributed by atoms with van der Waals surface area (Å²) in [6.45, 7) is 0. The lowest BCUT2D eigenvalue weighted by Crippen LogP contribution is -2.58. The molecule has 0 saturated heterocycles. The van der Waals surface area contributed by atoms with Crippen molar-refractivity contribution < 1.29 is 29.1 Å². The van der Waals surface area contributed by atoms with E-state index in [2.05, 4.69) is 35.9 Å². The third-order valence-electron chi connectivity index (χ3n) is 5.88. The molecule has 10 N–H and O–H groups in total. The first-order valence-corrected chi connectivity index (χ1v) is 12.3. The van der Waals surface area contributed by atoms with Crippen molar-refractivity contribution in [1.82, 2.24) is 35.9 Å². The van der Waals surface area contributed by atoms with Crippen LogP contribution in [-0.4, -0.2) is 78.8 Å². The molecule has 0 aliphatic rings. The van der Waals surface area contributed by atoms with E-state index in [9.17, 15) is 29.1 Å². The monoisotopic (exact) mass is 553 g/mol. The molecule has 0 fully saturated rings. The number of aliphatic carboxylic acids is 1. The van der Waals surface area contributed by atoms with E-state index in [1.807, 2.05) is 0 Å². The third kappa shape index (κ3) is 9.05. The molecule has 4 unspecified atom stereocenters. The van der Waals surface area contributed by atoms with Gasteiger partial charge in [0.25, 0.3) is 0 Å². The number of aromatic nitrogens is 4. The summed E-state index contributed by atoms with van der Waals surface area (Å²) in [7, 11) is 0. The van der Waals surface area contributed by atoms with Crippen LogP contribution in [0.1, 0.15) is 23.4 Å². The van der Waals surface area contributed by atoms with Crippen molar-refractivity contribution in [3.05, 3.63) is 72.3 Å². The number of rotatable bonds is 15. The van der Waals surface area contributed by atoms with Crippen molar-refractivity contribution in [3.63, 3.8) is 0 Å². The zero-order chi connectivity index (χ0) is 29.1. The molecule has 3 aromatic rings. The van der Waals surface area contributed by atoms with Gasteiger partial charge in [0.1, 0.15) is 18.1 Å². The Morgan fingerprint density at radius 2 is 1.30 bits per heavy atom. The number of imidazole rings is 2. The summed E-state index contributed by atoms with van der Waals surface area (Å²) in [5.74, 6) is -4.59. The fraction of sp³-hybridized carbons (Fsp3) is 0.320. The van der Waals surface area contributed by atoms with Crippen LogP contribution in [0.4, 0.5) is 0 Å². The topological polar surface area (TPSA) is 251 Å². The van der Waals surface area contributed by atoms with Crippen LogP contribution in [0.15, 0.2) is 55.4 Å². The minimum atomic E-state index is -1.60. The highest BCUT2D eigenvalue weighted by molar-refractivity contribution is 5.95. The number of carboxylic acid groups (broad SMARTS) is 1. The highest BCUT2D eigenvalue weighted by atomic mass is 16.4. The quantitative estimate of drug-likeness (QED) is 0.102. The smallest absolute Gasteiger partial charge is 0.326 e. The molecule has 0 aliphatic heterocycles. The molecule has 0 spiro atoms. The molecule has 0 radical (unpaired) electrons. The lowest BCUT2D eigenvalue weighted by molar-refractivity contribution is -0.143. The summed E-state index contributed by atoms with van der Waals surface area (Å²) in [4.78, 5) is 75.9. The maximum absolute atomic E-state index is 13.5. The Morgan fingerprint density at radius 1 is 0.775 bits per heavy atom. The number of nitrogens with one attached hydrogen (secondary N) is 5. The van der Waals surface area contributed by atoms with Gasteiger partial charge in [-0.3, -0.25) is 19.2 Å². The number of carbonyl (C=O) groups is 5. The Morgan fingerprint density at radius 3 is 1.82 bits per heavy atom. The highest BCUT2D eigenvalue weighted by Gasteiger charge is 2.31. The zero-order valence-electron chi connectivity index (χ0n) is 21.4. The Kier molecular flexibility index (Phi) is 10.5. The van der Waals surface area contributed by atoms with E-state index in [0.717, 1.165) is 0 Å². The Labute approximate surface area is 228 Å². The Bertz CT molecular complexity index is 1280. The Balaban J connectivity index is 1.79. The summed E-state index contributed by atoms with van der Waals surface area (Å²) >= 11 is 0. The molecule has 1 aromatic carbocycles. The molecule has 15 heteroatoms. The van der Waals surface area contributed by atoms with E-state index < -0.39 is 60.2 Å². The standard InChI is InChI=1S/C25H31N9O6/c26-17(7-15-10-28-12-30-15)22(36)32-19(8-16-11-29-13-31-16)24(38)33-18(6-14-4-2-1-3-5-14)23(37)34-20(25(39)40)9-21(27)35/h1-5,10-13,17-20H,6-9,26H2,(H2,27,35)(H,28,30)(H,29,31)(H,32,36)(H,33,38)(H,34,37)(H,39,40). The van der Waals surface area contributed by atoms with E-state index in [-0.39, 0.29) is 19.3 Å². The highest BCUT2D eigenvalue weighted by Crippen LogP contribution is 2.07. The normalized spacial score (nSPS) is 13.8. The maximum atomic E-state index is 13.5. The van der Waals surface area contributed by atoms with Crippen molar-refractivity contribution in [2.45, 2.75) is 49.9 Å². The van der Waals surface area contributed by atoms with Gasteiger partial charge < -0.3 is 42.5 Å². The number of hydrogen-bond donors (Lipinski definition) is 8. The number of carboxylic acids is 1. The summed E-state index contributed by atoms with van der Waals surface area (Å²) in [5.41, 5.74) is 13.0. The first kappa shape index (κ1) is 29.5. The fourth-order valence-corrected chi connectivity index (χ4v) is 3.84. The molecular weight excluding hydrogens is 522 g/mol. The molecule has 15 nitrogen and oxygen atoms in total. The minimum Gasteiger partial charge on any atom is -0.480 e. The predicted molar refractivity (Wildman–Crippen MR) is 140 cm³/mol. The number of benzene rings is 1. The average Bonchev–Trinajstić information content (AvgIpc) is 3.62. The molecule has 0 aliphatic carbocycles. The van der Waals surface area contributed by atoms with Gasteiger partial charge in [-0.15, -0.1) is 0 Å². The van der Waals surface area contributed by atoms with Crippen molar-refractivity contribution in [3.8, 4) is 0 Å². The number of carbonyl (C=O) groups excluding carboxylic acids is 4. The molecule has 212 valence electrons. The number of H-pyrrole nitrogens is 2. The van der Waals surface area contributed by atoms with Gasteiger partial charge in [-0.2, -0.15) is 0 Å². The van der Waals surface area contributed by atoms with Gasteiger partial charge in [-0.1, -0.05) is 30.3 Å². The van der Waals surface area contributed by atoms with E-state index in [4.69, 9.17) is 11.5 Å². The second-order valence-corrected chi connectivity index (χ2v) is 9.05. The lowest BCUT2D eigenvalue weighted by atomic mass is 10.0. The average molecular weight is 554 g/mol. The molecule has 2 heterocycles. The van der Waals surface area contributed by atoms with Crippen LogP contribution in [-0.2, 0) is 43.2 Å². The van der Waals surface area contributed by atoms with Crippen LogP contribution in [0.2, 0.25) is 0 Å². The van der Waals surface area contributed by atoms with Crippen LogP contribution in [0.25, 0.3) is 0 Å². The second-order valence-electron chi connectivity index (χ2n) is 9.05. The van der Waals surface area contributed by atoms with Gasteiger partial charge in [0, 0.05) is 43.0 Å². The van der Waals surface area contributed by atoms with Gasteiger partial charge in [0.2, 0.25) is 23.6 Å². The molecule has 3 rings (SSSR count). The first-order chi connectivity index (χ1) is 19.1. The lowest BCUT2D eigenvalue weighted by Gasteiger charge is -2.25. The van der Waals surface area contributed by atoms with Crippen molar-refractivity contribution in [2.24, 2.45) is 11.5 Å². The van der Waals surface area contributed by atoms with Crippen LogP contribution < -0.4 is 27.4 Å². The molecule has 0 bridgehead atoms. The number of hydrogen-bond acceptors (Lipinski definition) is 8. The minimum absolute atomic E-state index is 0.00649. The molecule has 40 heavy (non-hydrogen) atoms. The van der Waals surface area contributed by atoms with Gasteiger partial charge in [-0.25, -0.2) is 14.8 Å². The predicted octanol–water partition coefficient (Wildman–Crippen LogP) is -2.10. The van der Waals surface area contributed by atoms with E-state index >= 15 is 0 Å². The van der Waals surface area contributed by atoms with Crippen molar-refractivity contribution >= 4 is 29.6 Å². The number of nitrogens with zero attached hydrogens (tertiary/aromatic N) is 2. The summed E-state index contributed by atoms with van der Waals surface area (Å²) in [6, 6.07) is 3.66. The van der Waals surface area contributed by atoms with Crippen LogP contribution in [0.3, 0.4) is 0 Å². The molecule has 4 amide bonds. The number of amides is 4. The number of aromatic amines is 2. The number of primary amides is 1. The van der Waals surface area contributed by atoms with Gasteiger partial charge in [-0.05, 0) is 5.56 Å². The first-order valence-electron chi connectivity index (χ1n) is 12.3. The largest absolute Gasteiger partial charge is 0.480 e.